The second kappa shape index (κ2) is 6.61. The van der Waals surface area contributed by atoms with Crippen molar-refractivity contribution >= 4 is 5.91 Å². The number of benzene rings is 1. The summed E-state index contributed by atoms with van der Waals surface area (Å²) in [6, 6.07) is 3.52. The number of nitrogens with one attached hydrogen (secondary N) is 1. The molecular weight excluding hydrogens is 228 g/mol. The van der Waals surface area contributed by atoms with E-state index in [1.165, 1.54) is 6.07 Å². The number of hydrogen-bond acceptors (Lipinski definition) is 2. The smallest absolute Gasteiger partial charge is 0.252 e. The highest BCUT2D eigenvalue weighted by Gasteiger charge is 2.10. The normalized spacial score (nSPS) is 9.35. The molecule has 0 aliphatic carbocycles. The fourth-order valence-electron chi connectivity index (χ4n) is 1.20. The fourth-order valence-corrected chi connectivity index (χ4v) is 1.20. The number of carbonyl (C=O) groups is 1. The number of aliphatic hydroxyl groups excluding tert-OH is 1. The molecule has 0 unspecified atom stereocenters. The highest BCUT2D eigenvalue weighted by Crippen LogP contribution is 2.10. The molecule has 3 nitrogen and oxygen atoms in total. The van der Waals surface area contributed by atoms with E-state index in [2.05, 4.69) is 17.2 Å². The zero-order chi connectivity index (χ0) is 12.7. The predicted molar refractivity (Wildman–Crippen MR) is 58.7 cm³/mol. The molecule has 90 valence electrons. The summed E-state index contributed by atoms with van der Waals surface area (Å²) in [5.74, 6) is 3.72. The molecule has 1 aromatic rings. The van der Waals surface area contributed by atoms with E-state index in [4.69, 9.17) is 5.11 Å². The lowest BCUT2D eigenvalue weighted by Crippen LogP contribution is -2.26. The van der Waals surface area contributed by atoms with Gasteiger partial charge in [0.2, 0.25) is 0 Å². The van der Waals surface area contributed by atoms with E-state index in [1.54, 1.807) is 0 Å². The molecule has 0 heterocycles. The lowest BCUT2D eigenvalue weighted by molar-refractivity contribution is 0.0950. The van der Waals surface area contributed by atoms with Gasteiger partial charge in [-0.3, -0.25) is 4.79 Å². The van der Waals surface area contributed by atoms with E-state index in [-0.39, 0.29) is 24.3 Å². The van der Waals surface area contributed by atoms with Crippen molar-refractivity contribution in [2.24, 2.45) is 0 Å². The standard InChI is InChI=1S/C12H11F2NO2/c13-5-6-15-12(17)11-8-10(14)4-3-9(11)2-1-7-16/h3-4,8,16H,5-7H2,(H,15,17). The van der Waals surface area contributed by atoms with Gasteiger partial charge in [-0.05, 0) is 18.2 Å². The first-order chi connectivity index (χ1) is 8.19. The third-order valence-corrected chi connectivity index (χ3v) is 1.91. The van der Waals surface area contributed by atoms with Crippen LogP contribution in [0.3, 0.4) is 0 Å². The Hall–Kier alpha value is -1.93. The summed E-state index contributed by atoms with van der Waals surface area (Å²) in [5.41, 5.74) is 0.316. The van der Waals surface area contributed by atoms with E-state index >= 15 is 0 Å². The number of halogens is 2. The summed E-state index contributed by atoms with van der Waals surface area (Å²) in [7, 11) is 0. The Morgan fingerprint density at radius 3 is 2.88 bits per heavy atom. The van der Waals surface area contributed by atoms with Gasteiger partial charge in [-0.15, -0.1) is 0 Å². The van der Waals surface area contributed by atoms with Gasteiger partial charge in [-0.2, -0.15) is 0 Å². The van der Waals surface area contributed by atoms with Crippen molar-refractivity contribution in [3.05, 3.63) is 35.1 Å². The van der Waals surface area contributed by atoms with Gasteiger partial charge in [0, 0.05) is 12.1 Å². The fraction of sp³-hybridized carbons (Fsp3) is 0.250. The van der Waals surface area contributed by atoms with Gasteiger partial charge >= 0.3 is 0 Å². The average Bonchev–Trinajstić information content (AvgIpc) is 2.34. The number of aliphatic hydroxyl groups is 1. The SMILES string of the molecule is O=C(NCCF)c1cc(F)ccc1C#CCO. The highest BCUT2D eigenvalue weighted by molar-refractivity contribution is 5.96. The first kappa shape index (κ1) is 13.1. The average molecular weight is 239 g/mol. The minimum Gasteiger partial charge on any atom is -0.384 e. The van der Waals surface area contributed by atoms with E-state index in [9.17, 15) is 13.6 Å². The van der Waals surface area contributed by atoms with Crippen molar-refractivity contribution in [2.45, 2.75) is 0 Å². The molecule has 0 saturated carbocycles. The molecular formula is C12H11F2NO2. The van der Waals surface area contributed by atoms with Crippen LogP contribution in [0.2, 0.25) is 0 Å². The van der Waals surface area contributed by atoms with Crippen molar-refractivity contribution < 1.29 is 18.7 Å². The van der Waals surface area contributed by atoms with Gasteiger partial charge < -0.3 is 10.4 Å². The zero-order valence-electron chi connectivity index (χ0n) is 8.96. The maximum Gasteiger partial charge on any atom is 0.252 e. The molecule has 0 fully saturated rings. The molecule has 0 aliphatic heterocycles. The molecule has 1 rings (SSSR count). The summed E-state index contributed by atoms with van der Waals surface area (Å²) >= 11 is 0. The highest BCUT2D eigenvalue weighted by atomic mass is 19.1. The van der Waals surface area contributed by atoms with Crippen LogP contribution in [0, 0.1) is 17.7 Å². The topological polar surface area (TPSA) is 49.3 Å². The molecule has 5 heteroatoms. The lowest BCUT2D eigenvalue weighted by Gasteiger charge is -2.05. The van der Waals surface area contributed by atoms with E-state index < -0.39 is 18.4 Å². The third kappa shape index (κ3) is 3.85. The van der Waals surface area contributed by atoms with Gasteiger partial charge in [0.15, 0.2) is 0 Å². The van der Waals surface area contributed by atoms with Gasteiger partial charge in [0.1, 0.15) is 19.1 Å². The van der Waals surface area contributed by atoms with Crippen LogP contribution < -0.4 is 5.32 Å². The van der Waals surface area contributed by atoms with Gasteiger partial charge in [0.05, 0.1) is 5.56 Å². The molecule has 0 aromatic heterocycles. The second-order valence-corrected chi connectivity index (χ2v) is 3.09. The quantitative estimate of drug-likeness (QED) is 0.769. The monoisotopic (exact) mass is 239 g/mol. The molecule has 0 saturated heterocycles. The molecule has 0 spiro atoms. The number of amides is 1. The second-order valence-electron chi connectivity index (χ2n) is 3.09. The maximum atomic E-state index is 13.0. The summed E-state index contributed by atoms with van der Waals surface area (Å²) in [6.07, 6.45) is 0. The molecule has 17 heavy (non-hydrogen) atoms. The summed E-state index contributed by atoms with van der Waals surface area (Å²) in [5, 5.41) is 10.8. The van der Waals surface area contributed by atoms with Crippen LogP contribution in [0.4, 0.5) is 8.78 Å². The Bertz CT molecular complexity index is 463. The van der Waals surface area contributed by atoms with Gasteiger partial charge in [-0.1, -0.05) is 11.8 Å². The van der Waals surface area contributed by atoms with E-state index in [0.29, 0.717) is 0 Å². The van der Waals surface area contributed by atoms with Crippen LogP contribution in [0.1, 0.15) is 15.9 Å². The van der Waals surface area contributed by atoms with Crippen LogP contribution in [-0.4, -0.2) is 30.8 Å². The Morgan fingerprint density at radius 1 is 1.47 bits per heavy atom. The van der Waals surface area contributed by atoms with E-state index in [0.717, 1.165) is 12.1 Å². The molecule has 0 radical (unpaired) electrons. The van der Waals surface area contributed by atoms with Gasteiger partial charge in [0.25, 0.3) is 5.91 Å². The minimum atomic E-state index is -0.696. The Kier molecular flexibility index (Phi) is 5.11. The lowest BCUT2D eigenvalue weighted by atomic mass is 10.1. The Balaban J connectivity index is 3.02. The van der Waals surface area contributed by atoms with Crippen molar-refractivity contribution in [3.8, 4) is 11.8 Å². The molecule has 1 amide bonds. The molecule has 0 atom stereocenters. The van der Waals surface area contributed by atoms with Gasteiger partial charge in [-0.25, -0.2) is 8.78 Å². The first-order valence-corrected chi connectivity index (χ1v) is 4.92. The van der Waals surface area contributed by atoms with Crippen LogP contribution >= 0.6 is 0 Å². The number of carbonyl (C=O) groups excluding carboxylic acids is 1. The summed E-state index contributed by atoms with van der Waals surface area (Å²) < 4.78 is 24.9. The first-order valence-electron chi connectivity index (χ1n) is 4.92. The van der Waals surface area contributed by atoms with Crippen LogP contribution in [0.5, 0.6) is 0 Å². The summed E-state index contributed by atoms with van der Waals surface area (Å²) in [4.78, 5) is 11.6. The van der Waals surface area contributed by atoms with E-state index in [1.807, 2.05) is 0 Å². The minimum absolute atomic E-state index is 0.0272. The number of hydrogen-bond donors (Lipinski definition) is 2. The van der Waals surface area contributed by atoms with Crippen LogP contribution in [0.25, 0.3) is 0 Å². The van der Waals surface area contributed by atoms with Crippen molar-refractivity contribution in [1.82, 2.24) is 5.32 Å². The van der Waals surface area contributed by atoms with Crippen LogP contribution in [-0.2, 0) is 0 Å². The van der Waals surface area contributed by atoms with Crippen molar-refractivity contribution in [3.63, 3.8) is 0 Å². The number of rotatable bonds is 3. The summed E-state index contributed by atoms with van der Waals surface area (Å²) in [6.45, 7) is -1.19. The largest absolute Gasteiger partial charge is 0.384 e. The maximum absolute atomic E-state index is 13.0. The molecule has 0 aliphatic rings. The van der Waals surface area contributed by atoms with Crippen molar-refractivity contribution in [1.29, 1.82) is 0 Å². The Morgan fingerprint density at radius 2 is 2.24 bits per heavy atom. The predicted octanol–water partition coefficient (Wildman–Crippen LogP) is 0.869. The van der Waals surface area contributed by atoms with Crippen molar-refractivity contribution in [2.75, 3.05) is 19.8 Å². The third-order valence-electron chi connectivity index (χ3n) is 1.91. The molecule has 0 bridgehead atoms. The Labute approximate surface area is 97.5 Å². The molecule has 2 N–H and O–H groups in total. The molecule has 1 aromatic carbocycles. The van der Waals surface area contributed by atoms with Crippen LogP contribution in [0.15, 0.2) is 18.2 Å². The zero-order valence-corrected chi connectivity index (χ0v) is 8.96. The number of alkyl halides is 1.